The summed E-state index contributed by atoms with van der Waals surface area (Å²) in [5.74, 6) is 0.235. The second-order valence-electron chi connectivity index (χ2n) is 10.3. The van der Waals surface area contributed by atoms with Gasteiger partial charge in [0.25, 0.3) is 0 Å². The van der Waals surface area contributed by atoms with E-state index < -0.39 is 0 Å². The standard InChI is InChI=1S/C27H39N3O3/c31-25(19-10-4-1-5-11-19)28-22-16-23(29-26(32)20-12-6-2-7-13-20)18-24(17-22)30-27(33)21-14-8-3-9-15-21/h16-21H,1-15H2,(H,28,31)(H,29,32)(H,30,33). The van der Waals surface area contributed by atoms with Gasteiger partial charge in [0, 0.05) is 34.8 Å². The van der Waals surface area contributed by atoms with Gasteiger partial charge in [0.2, 0.25) is 17.7 Å². The van der Waals surface area contributed by atoms with E-state index in [-0.39, 0.29) is 35.5 Å². The van der Waals surface area contributed by atoms with Crippen LogP contribution in [0.15, 0.2) is 18.2 Å². The molecule has 0 aliphatic heterocycles. The van der Waals surface area contributed by atoms with Crippen LogP contribution in [0.1, 0.15) is 96.3 Å². The minimum atomic E-state index is 0.0371. The highest BCUT2D eigenvalue weighted by Crippen LogP contribution is 2.30. The number of carbonyl (C=O) groups is 3. The first-order valence-corrected chi connectivity index (χ1v) is 13.2. The molecule has 3 fully saturated rings. The second-order valence-corrected chi connectivity index (χ2v) is 10.3. The molecule has 1 aromatic carbocycles. The van der Waals surface area contributed by atoms with Crippen molar-refractivity contribution in [1.82, 2.24) is 0 Å². The molecule has 33 heavy (non-hydrogen) atoms. The summed E-state index contributed by atoms with van der Waals surface area (Å²) >= 11 is 0. The van der Waals surface area contributed by atoms with Crippen LogP contribution in [0.4, 0.5) is 17.1 Å². The molecule has 0 saturated heterocycles. The van der Waals surface area contributed by atoms with Gasteiger partial charge in [-0.15, -0.1) is 0 Å². The van der Waals surface area contributed by atoms with Crippen molar-refractivity contribution >= 4 is 34.8 Å². The zero-order valence-electron chi connectivity index (χ0n) is 19.8. The van der Waals surface area contributed by atoms with Crippen molar-refractivity contribution in [2.75, 3.05) is 16.0 Å². The summed E-state index contributed by atoms with van der Waals surface area (Å²) in [7, 11) is 0. The van der Waals surface area contributed by atoms with E-state index in [2.05, 4.69) is 16.0 Å². The first-order chi connectivity index (χ1) is 16.1. The van der Waals surface area contributed by atoms with E-state index in [1.165, 1.54) is 19.3 Å². The van der Waals surface area contributed by atoms with Crippen molar-refractivity contribution in [3.05, 3.63) is 18.2 Å². The molecule has 1 aromatic rings. The molecule has 3 N–H and O–H groups in total. The minimum absolute atomic E-state index is 0.0371. The Balaban J connectivity index is 1.48. The fourth-order valence-electron chi connectivity index (χ4n) is 5.67. The summed E-state index contributed by atoms with van der Waals surface area (Å²) in [5.41, 5.74) is 1.89. The van der Waals surface area contributed by atoms with Crippen LogP contribution >= 0.6 is 0 Å². The lowest BCUT2D eigenvalue weighted by atomic mass is 9.88. The molecule has 0 radical (unpaired) electrons. The summed E-state index contributed by atoms with van der Waals surface area (Å²) in [6.07, 6.45) is 15.7. The number of nitrogens with one attached hydrogen (secondary N) is 3. The van der Waals surface area contributed by atoms with E-state index in [0.717, 1.165) is 77.0 Å². The highest BCUT2D eigenvalue weighted by Gasteiger charge is 2.24. The monoisotopic (exact) mass is 453 g/mol. The number of anilines is 3. The minimum Gasteiger partial charge on any atom is -0.326 e. The summed E-state index contributed by atoms with van der Waals surface area (Å²) in [6.45, 7) is 0. The lowest BCUT2D eigenvalue weighted by Gasteiger charge is -2.23. The average Bonchev–Trinajstić information content (AvgIpc) is 2.85. The third-order valence-corrected chi connectivity index (χ3v) is 7.66. The largest absolute Gasteiger partial charge is 0.326 e. The Morgan fingerprint density at radius 1 is 0.455 bits per heavy atom. The Bertz CT molecular complexity index is 713. The lowest BCUT2D eigenvalue weighted by molar-refractivity contribution is -0.121. The summed E-state index contributed by atoms with van der Waals surface area (Å²) in [5, 5.41) is 9.17. The second kappa shape index (κ2) is 11.7. The molecule has 3 aliphatic carbocycles. The Labute approximate surface area is 197 Å². The molecule has 3 saturated carbocycles. The molecule has 0 heterocycles. The Hall–Kier alpha value is -2.37. The van der Waals surface area contributed by atoms with Gasteiger partial charge < -0.3 is 16.0 Å². The van der Waals surface area contributed by atoms with Crippen LogP contribution in [0.3, 0.4) is 0 Å². The summed E-state index contributed by atoms with van der Waals surface area (Å²) in [4.78, 5) is 38.5. The number of benzene rings is 1. The zero-order chi connectivity index (χ0) is 23.0. The van der Waals surface area contributed by atoms with Gasteiger partial charge in [0.15, 0.2) is 0 Å². The van der Waals surface area contributed by atoms with E-state index >= 15 is 0 Å². The number of rotatable bonds is 6. The van der Waals surface area contributed by atoms with Crippen molar-refractivity contribution in [2.24, 2.45) is 17.8 Å². The van der Waals surface area contributed by atoms with Crippen LogP contribution < -0.4 is 16.0 Å². The third kappa shape index (κ3) is 6.81. The first kappa shape index (κ1) is 23.8. The molecule has 6 nitrogen and oxygen atoms in total. The van der Waals surface area contributed by atoms with Crippen LogP contribution in [0, 0.1) is 17.8 Å². The normalized spacial score (nSPS) is 20.7. The molecule has 0 atom stereocenters. The van der Waals surface area contributed by atoms with Crippen molar-refractivity contribution in [3.8, 4) is 0 Å². The van der Waals surface area contributed by atoms with E-state index in [4.69, 9.17) is 0 Å². The Morgan fingerprint density at radius 3 is 0.939 bits per heavy atom. The van der Waals surface area contributed by atoms with Crippen LogP contribution in [0.25, 0.3) is 0 Å². The number of amides is 3. The topological polar surface area (TPSA) is 87.3 Å². The predicted octanol–water partition coefficient (Wildman–Crippen LogP) is 6.24. The molecule has 0 bridgehead atoms. The zero-order valence-corrected chi connectivity index (χ0v) is 19.8. The van der Waals surface area contributed by atoms with E-state index in [0.29, 0.717) is 17.1 Å². The molecular formula is C27H39N3O3. The maximum atomic E-state index is 12.8. The Morgan fingerprint density at radius 2 is 0.697 bits per heavy atom. The van der Waals surface area contributed by atoms with Crippen LogP contribution in [0.2, 0.25) is 0 Å². The van der Waals surface area contributed by atoms with Gasteiger partial charge in [-0.3, -0.25) is 14.4 Å². The van der Waals surface area contributed by atoms with Crippen molar-refractivity contribution in [2.45, 2.75) is 96.3 Å². The number of hydrogen-bond acceptors (Lipinski definition) is 3. The van der Waals surface area contributed by atoms with Gasteiger partial charge >= 0.3 is 0 Å². The molecule has 0 spiro atoms. The molecular weight excluding hydrogens is 414 g/mol. The van der Waals surface area contributed by atoms with Gasteiger partial charge in [-0.2, -0.15) is 0 Å². The third-order valence-electron chi connectivity index (χ3n) is 7.66. The highest BCUT2D eigenvalue weighted by atomic mass is 16.2. The summed E-state index contributed by atoms with van der Waals surface area (Å²) in [6, 6.07) is 5.45. The predicted molar refractivity (Wildman–Crippen MR) is 132 cm³/mol. The van der Waals surface area contributed by atoms with Gasteiger partial charge in [-0.25, -0.2) is 0 Å². The van der Waals surface area contributed by atoms with Crippen LogP contribution in [-0.4, -0.2) is 17.7 Å². The molecule has 180 valence electrons. The fraction of sp³-hybridized carbons (Fsp3) is 0.667. The summed E-state index contributed by atoms with van der Waals surface area (Å²) < 4.78 is 0. The van der Waals surface area contributed by atoms with Crippen LogP contribution in [-0.2, 0) is 14.4 Å². The molecule has 3 amide bonds. The van der Waals surface area contributed by atoms with Crippen molar-refractivity contribution in [1.29, 1.82) is 0 Å². The van der Waals surface area contributed by atoms with Crippen molar-refractivity contribution < 1.29 is 14.4 Å². The maximum absolute atomic E-state index is 12.8. The SMILES string of the molecule is O=C(Nc1cc(NC(=O)C2CCCCC2)cc(NC(=O)C2CCCCC2)c1)C1CCCCC1. The Kier molecular flexibility index (Phi) is 8.40. The van der Waals surface area contributed by atoms with E-state index in [1.807, 2.05) is 18.2 Å². The van der Waals surface area contributed by atoms with Crippen molar-refractivity contribution in [3.63, 3.8) is 0 Å². The fourth-order valence-corrected chi connectivity index (χ4v) is 5.67. The smallest absolute Gasteiger partial charge is 0.227 e. The lowest BCUT2D eigenvalue weighted by Crippen LogP contribution is -2.27. The van der Waals surface area contributed by atoms with Gasteiger partial charge in [-0.05, 0) is 56.7 Å². The molecule has 0 aromatic heterocycles. The van der Waals surface area contributed by atoms with Gasteiger partial charge in [0.1, 0.15) is 0 Å². The maximum Gasteiger partial charge on any atom is 0.227 e. The van der Waals surface area contributed by atoms with Gasteiger partial charge in [0.05, 0.1) is 0 Å². The molecule has 6 heteroatoms. The number of carbonyl (C=O) groups excluding carboxylic acids is 3. The number of hydrogen-bond donors (Lipinski definition) is 3. The van der Waals surface area contributed by atoms with Gasteiger partial charge in [-0.1, -0.05) is 57.8 Å². The first-order valence-electron chi connectivity index (χ1n) is 13.2. The van der Waals surface area contributed by atoms with E-state index in [9.17, 15) is 14.4 Å². The quantitative estimate of drug-likeness (QED) is 0.476. The molecule has 4 rings (SSSR count). The van der Waals surface area contributed by atoms with E-state index in [1.54, 1.807) is 0 Å². The molecule has 3 aliphatic rings. The average molecular weight is 454 g/mol. The van der Waals surface area contributed by atoms with Crippen LogP contribution in [0.5, 0.6) is 0 Å². The molecule has 0 unspecified atom stereocenters. The highest BCUT2D eigenvalue weighted by molar-refractivity contribution is 5.99.